The zero-order valence-corrected chi connectivity index (χ0v) is 9.88. The molecule has 0 aliphatic carbocycles. The summed E-state index contributed by atoms with van der Waals surface area (Å²) in [6.45, 7) is 0.434. The Bertz CT molecular complexity index is 482. The molecule has 2 aromatic rings. The monoisotopic (exact) mass is 254 g/mol. The van der Waals surface area contributed by atoms with Gasteiger partial charge in [-0.15, -0.1) is 5.10 Å². The molecule has 0 saturated carbocycles. The summed E-state index contributed by atoms with van der Waals surface area (Å²) in [5, 5.41) is 11.7. The highest BCUT2D eigenvalue weighted by Gasteiger charge is 2.11. The van der Waals surface area contributed by atoms with Crippen LogP contribution in [-0.4, -0.2) is 39.0 Å². The molecule has 0 bridgehead atoms. The van der Waals surface area contributed by atoms with Crippen molar-refractivity contribution in [2.24, 2.45) is 0 Å². The molecule has 2 heterocycles. The summed E-state index contributed by atoms with van der Waals surface area (Å²) in [5.41, 5.74) is 0. The van der Waals surface area contributed by atoms with Gasteiger partial charge < -0.3 is 9.15 Å². The van der Waals surface area contributed by atoms with E-state index in [1.54, 1.807) is 17.0 Å². The number of carbonyl (C=O) groups excluding carboxylic acids is 1. The maximum atomic E-state index is 11.0. The van der Waals surface area contributed by atoms with Crippen LogP contribution in [0.2, 0.25) is 0 Å². The minimum absolute atomic E-state index is 0.176. The number of carbonyl (C=O) groups is 1. The van der Waals surface area contributed by atoms with Crippen molar-refractivity contribution >= 4 is 17.7 Å². The third kappa shape index (κ3) is 3.06. The molecule has 2 rings (SSSR count). The summed E-state index contributed by atoms with van der Waals surface area (Å²) in [6, 6.07) is 3.62. The Hall–Kier alpha value is -1.83. The minimum Gasteiger partial charge on any atom is -0.468 e. The van der Waals surface area contributed by atoms with Crippen molar-refractivity contribution < 1.29 is 13.9 Å². The van der Waals surface area contributed by atoms with Gasteiger partial charge in [-0.3, -0.25) is 4.79 Å². The molecule has 0 aromatic carbocycles. The predicted molar refractivity (Wildman–Crippen MR) is 58.4 cm³/mol. The first-order chi connectivity index (χ1) is 8.29. The van der Waals surface area contributed by atoms with Gasteiger partial charge in [-0.1, -0.05) is 11.8 Å². The molecule has 0 aliphatic rings. The Labute approximate surface area is 101 Å². The first kappa shape index (κ1) is 11.6. The molecule has 2 aromatic heterocycles. The lowest BCUT2D eigenvalue weighted by atomic mass is 10.4. The van der Waals surface area contributed by atoms with E-state index in [-0.39, 0.29) is 11.7 Å². The standard InChI is InChI=1S/C9H10N4O3S/c1-15-8(14)6-17-9-10-11-12-13(9)5-7-3-2-4-16-7/h2-4H,5-6H2,1H3. The molecule has 0 fully saturated rings. The molecule has 0 unspecified atom stereocenters. The van der Waals surface area contributed by atoms with Crippen molar-refractivity contribution in [3.8, 4) is 0 Å². The second-order valence-corrected chi connectivity index (χ2v) is 4.01. The number of furan rings is 1. The van der Waals surface area contributed by atoms with Crippen LogP contribution in [0.25, 0.3) is 0 Å². The highest BCUT2D eigenvalue weighted by atomic mass is 32.2. The SMILES string of the molecule is COC(=O)CSc1nnnn1Cc1ccco1. The maximum absolute atomic E-state index is 11.0. The molecule has 0 N–H and O–H groups in total. The third-order valence-corrected chi connectivity index (χ3v) is 2.86. The Morgan fingerprint density at radius 2 is 2.53 bits per heavy atom. The second kappa shape index (κ2) is 5.48. The summed E-state index contributed by atoms with van der Waals surface area (Å²) in [7, 11) is 1.34. The molecule has 0 amide bonds. The van der Waals surface area contributed by atoms with Crippen LogP contribution in [0.4, 0.5) is 0 Å². The zero-order valence-electron chi connectivity index (χ0n) is 9.07. The van der Waals surface area contributed by atoms with E-state index in [0.717, 1.165) is 5.76 Å². The van der Waals surface area contributed by atoms with E-state index in [0.29, 0.717) is 11.7 Å². The summed E-state index contributed by atoms with van der Waals surface area (Å²) in [4.78, 5) is 11.0. The van der Waals surface area contributed by atoms with Crippen LogP contribution in [-0.2, 0) is 16.1 Å². The van der Waals surface area contributed by atoms with Gasteiger partial charge in [0.2, 0.25) is 5.16 Å². The average molecular weight is 254 g/mol. The van der Waals surface area contributed by atoms with Gasteiger partial charge in [-0.05, 0) is 22.6 Å². The van der Waals surface area contributed by atoms with E-state index in [1.807, 2.05) is 6.07 Å². The topological polar surface area (TPSA) is 83.0 Å². The van der Waals surface area contributed by atoms with E-state index >= 15 is 0 Å². The molecule has 90 valence electrons. The van der Waals surface area contributed by atoms with E-state index in [2.05, 4.69) is 20.3 Å². The lowest BCUT2D eigenvalue weighted by Gasteiger charge is -2.01. The van der Waals surface area contributed by atoms with Crippen molar-refractivity contribution in [1.29, 1.82) is 0 Å². The molecule has 7 nitrogen and oxygen atoms in total. The highest BCUT2D eigenvalue weighted by molar-refractivity contribution is 7.99. The molecular weight excluding hydrogens is 244 g/mol. The molecular formula is C9H10N4O3S. The number of rotatable bonds is 5. The number of ether oxygens (including phenoxy) is 1. The summed E-state index contributed by atoms with van der Waals surface area (Å²) < 4.78 is 11.3. The smallest absolute Gasteiger partial charge is 0.316 e. The number of nitrogens with zero attached hydrogens (tertiary/aromatic N) is 4. The normalized spacial score (nSPS) is 10.4. The van der Waals surface area contributed by atoms with Gasteiger partial charge in [0.05, 0.1) is 19.1 Å². The molecule has 0 aliphatic heterocycles. The number of aromatic nitrogens is 4. The molecule has 0 radical (unpaired) electrons. The zero-order chi connectivity index (χ0) is 12.1. The molecule has 0 saturated heterocycles. The van der Waals surface area contributed by atoms with E-state index in [1.165, 1.54) is 18.9 Å². The van der Waals surface area contributed by atoms with Crippen LogP contribution >= 0.6 is 11.8 Å². The predicted octanol–water partition coefficient (Wildman–Crippen LogP) is 0.579. The van der Waals surface area contributed by atoms with Crippen molar-refractivity contribution in [3.05, 3.63) is 24.2 Å². The van der Waals surface area contributed by atoms with Gasteiger partial charge in [0, 0.05) is 0 Å². The number of hydrogen-bond donors (Lipinski definition) is 0. The van der Waals surface area contributed by atoms with E-state index < -0.39 is 0 Å². The summed E-state index contributed by atoms with van der Waals surface area (Å²) in [6.07, 6.45) is 1.58. The lowest BCUT2D eigenvalue weighted by molar-refractivity contribution is -0.137. The van der Waals surface area contributed by atoms with Crippen molar-refractivity contribution in [2.75, 3.05) is 12.9 Å². The van der Waals surface area contributed by atoms with E-state index in [4.69, 9.17) is 4.42 Å². The van der Waals surface area contributed by atoms with Crippen LogP contribution < -0.4 is 0 Å². The summed E-state index contributed by atoms with van der Waals surface area (Å²) in [5.74, 6) is 0.606. The van der Waals surface area contributed by atoms with E-state index in [9.17, 15) is 4.79 Å². The number of methoxy groups -OCH3 is 1. The van der Waals surface area contributed by atoms with Crippen molar-refractivity contribution in [2.45, 2.75) is 11.7 Å². The molecule has 0 atom stereocenters. The Balaban J connectivity index is 1.99. The lowest BCUT2D eigenvalue weighted by Crippen LogP contribution is -2.07. The number of tetrazole rings is 1. The van der Waals surface area contributed by atoms with Gasteiger partial charge in [-0.25, -0.2) is 4.68 Å². The van der Waals surface area contributed by atoms with Gasteiger partial charge in [0.1, 0.15) is 12.3 Å². The maximum Gasteiger partial charge on any atom is 0.316 e. The first-order valence-electron chi connectivity index (χ1n) is 4.78. The Morgan fingerprint density at radius 1 is 1.65 bits per heavy atom. The Morgan fingerprint density at radius 3 is 3.24 bits per heavy atom. The van der Waals surface area contributed by atoms with Crippen LogP contribution in [0.1, 0.15) is 5.76 Å². The quantitative estimate of drug-likeness (QED) is 0.570. The van der Waals surface area contributed by atoms with Crippen LogP contribution in [0.3, 0.4) is 0 Å². The molecule has 0 spiro atoms. The van der Waals surface area contributed by atoms with Gasteiger partial charge in [0.25, 0.3) is 0 Å². The number of hydrogen-bond acceptors (Lipinski definition) is 7. The van der Waals surface area contributed by atoms with Crippen LogP contribution in [0, 0.1) is 0 Å². The van der Waals surface area contributed by atoms with Crippen molar-refractivity contribution in [3.63, 3.8) is 0 Å². The fraction of sp³-hybridized carbons (Fsp3) is 0.333. The highest BCUT2D eigenvalue weighted by Crippen LogP contribution is 2.15. The van der Waals surface area contributed by atoms with Crippen molar-refractivity contribution in [1.82, 2.24) is 20.2 Å². The number of esters is 1. The Kier molecular flexibility index (Phi) is 3.76. The fourth-order valence-electron chi connectivity index (χ4n) is 1.13. The van der Waals surface area contributed by atoms with Gasteiger partial charge in [-0.2, -0.15) is 0 Å². The second-order valence-electron chi connectivity index (χ2n) is 3.06. The average Bonchev–Trinajstić information content (AvgIpc) is 2.98. The van der Waals surface area contributed by atoms with Crippen LogP contribution in [0.5, 0.6) is 0 Å². The largest absolute Gasteiger partial charge is 0.468 e. The summed E-state index contributed by atoms with van der Waals surface area (Å²) >= 11 is 1.22. The van der Waals surface area contributed by atoms with Crippen LogP contribution in [0.15, 0.2) is 28.0 Å². The fourth-order valence-corrected chi connectivity index (χ4v) is 1.84. The number of thioether (sulfide) groups is 1. The molecule has 8 heteroatoms. The molecule has 17 heavy (non-hydrogen) atoms. The van der Waals surface area contributed by atoms with Gasteiger partial charge in [0.15, 0.2) is 0 Å². The van der Waals surface area contributed by atoms with Gasteiger partial charge >= 0.3 is 5.97 Å². The third-order valence-electron chi connectivity index (χ3n) is 1.93. The first-order valence-corrected chi connectivity index (χ1v) is 5.76. The minimum atomic E-state index is -0.317.